The van der Waals surface area contributed by atoms with Crippen molar-refractivity contribution >= 4 is 0 Å². The van der Waals surface area contributed by atoms with Gasteiger partial charge in [0.05, 0.1) is 6.04 Å². The molecule has 1 nitrogen and oxygen atoms in total. The largest absolute Gasteiger partial charge is 0.368 e. The number of benzene rings is 1. The Morgan fingerprint density at radius 3 is 2.61 bits per heavy atom. The average Bonchev–Trinajstić information content (AvgIpc) is 2.69. The number of likely N-dealkylation sites (tertiary alicyclic amines) is 1. The molecule has 2 rings (SSSR count). The van der Waals surface area contributed by atoms with E-state index in [9.17, 15) is 0 Å². The molecular formula is C17H23N. The second-order valence-corrected chi connectivity index (χ2v) is 5.51. The monoisotopic (exact) mass is 241 g/mol. The van der Waals surface area contributed by atoms with Crippen LogP contribution in [-0.2, 0) is 0 Å². The van der Waals surface area contributed by atoms with Gasteiger partial charge in [0, 0.05) is 12.2 Å². The Morgan fingerprint density at radius 2 is 2.00 bits per heavy atom. The van der Waals surface area contributed by atoms with Crippen LogP contribution in [-0.4, -0.2) is 11.4 Å². The first-order valence-corrected chi connectivity index (χ1v) is 6.72. The summed E-state index contributed by atoms with van der Waals surface area (Å²) in [5.41, 5.74) is 4.05. The summed E-state index contributed by atoms with van der Waals surface area (Å²) >= 11 is 0. The van der Waals surface area contributed by atoms with Gasteiger partial charge in [0.1, 0.15) is 0 Å². The summed E-state index contributed by atoms with van der Waals surface area (Å²) in [6.45, 7) is 11.9. The van der Waals surface area contributed by atoms with Gasteiger partial charge >= 0.3 is 0 Å². The van der Waals surface area contributed by atoms with Crippen molar-refractivity contribution in [3.8, 4) is 0 Å². The fraction of sp³-hybridized carbons (Fsp3) is 0.412. The average molecular weight is 241 g/mol. The third-order valence-electron chi connectivity index (χ3n) is 3.65. The van der Waals surface area contributed by atoms with E-state index in [2.05, 4.69) is 68.7 Å². The topological polar surface area (TPSA) is 3.24 Å². The van der Waals surface area contributed by atoms with Gasteiger partial charge in [-0.05, 0) is 38.7 Å². The highest BCUT2D eigenvalue weighted by molar-refractivity contribution is 5.22. The van der Waals surface area contributed by atoms with Crippen LogP contribution in [0.4, 0.5) is 0 Å². The van der Waals surface area contributed by atoms with Crippen LogP contribution < -0.4 is 0 Å². The molecule has 1 aliphatic rings. The predicted octanol–water partition coefficient (Wildman–Crippen LogP) is 4.55. The molecule has 0 amide bonds. The van der Waals surface area contributed by atoms with Crippen molar-refractivity contribution in [1.82, 2.24) is 4.90 Å². The summed E-state index contributed by atoms with van der Waals surface area (Å²) in [6, 6.07) is 11.1. The van der Waals surface area contributed by atoms with Gasteiger partial charge in [-0.1, -0.05) is 48.6 Å². The van der Waals surface area contributed by atoms with Crippen molar-refractivity contribution in [3.05, 3.63) is 59.8 Å². The zero-order chi connectivity index (χ0) is 13.1. The quantitative estimate of drug-likeness (QED) is 0.702. The Morgan fingerprint density at radius 1 is 1.33 bits per heavy atom. The summed E-state index contributed by atoms with van der Waals surface area (Å²) in [7, 11) is 0. The summed E-state index contributed by atoms with van der Waals surface area (Å²) in [6.07, 6.45) is 3.48. The lowest BCUT2D eigenvalue weighted by Crippen LogP contribution is -2.22. The first kappa shape index (κ1) is 12.9. The molecule has 1 saturated heterocycles. The summed E-state index contributed by atoms with van der Waals surface area (Å²) in [4.78, 5) is 2.44. The number of allylic oxidation sites excluding steroid dienone is 2. The van der Waals surface area contributed by atoms with Crippen molar-refractivity contribution < 1.29 is 0 Å². The second kappa shape index (κ2) is 5.43. The molecule has 0 N–H and O–H groups in total. The van der Waals surface area contributed by atoms with Gasteiger partial charge in [0.2, 0.25) is 0 Å². The Balaban J connectivity index is 2.11. The van der Waals surface area contributed by atoms with E-state index < -0.39 is 0 Å². The SMILES string of the molecule is C=C1C[C@H](C=C(C)C)CN1[C@@H](C)c1ccccc1. The van der Waals surface area contributed by atoms with Gasteiger partial charge in [-0.2, -0.15) is 0 Å². The molecule has 18 heavy (non-hydrogen) atoms. The molecule has 1 heteroatoms. The maximum absolute atomic E-state index is 4.24. The minimum Gasteiger partial charge on any atom is -0.368 e. The molecule has 0 aliphatic carbocycles. The molecule has 1 heterocycles. The molecule has 2 atom stereocenters. The zero-order valence-electron chi connectivity index (χ0n) is 11.7. The molecule has 0 bridgehead atoms. The van der Waals surface area contributed by atoms with E-state index >= 15 is 0 Å². The zero-order valence-corrected chi connectivity index (χ0v) is 11.7. The van der Waals surface area contributed by atoms with Crippen LogP contribution in [0.2, 0.25) is 0 Å². The Labute approximate surface area is 111 Å². The fourth-order valence-electron chi connectivity index (χ4n) is 2.79. The van der Waals surface area contributed by atoms with E-state index in [-0.39, 0.29) is 0 Å². The molecule has 96 valence electrons. The Bertz CT molecular complexity index is 440. The van der Waals surface area contributed by atoms with Crippen LogP contribution in [0.1, 0.15) is 38.8 Å². The molecule has 0 spiro atoms. The molecule has 1 aromatic carbocycles. The first-order chi connectivity index (χ1) is 8.58. The van der Waals surface area contributed by atoms with Crippen molar-refractivity contribution in [3.63, 3.8) is 0 Å². The molecule has 1 aromatic rings. The highest BCUT2D eigenvalue weighted by Crippen LogP contribution is 2.34. The minimum absolute atomic E-state index is 0.425. The number of rotatable bonds is 3. The standard InChI is InChI=1S/C17H23N/c1-13(2)10-16-11-14(3)18(12-16)15(4)17-8-6-5-7-9-17/h5-10,15-16H,3,11-12H2,1-2,4H3/t15-,16-/m0/s1. The fourth-order valence-corrected chi connectivity index (χ4v) is 2.79. The molecule has 0 saturated carbocycles. The third kappa shape index (κ3) is 2.84. The smallest absolute Gasteiger partial charge is 0.0511 e. The van der Waals surface area contributed by atoms with Gasteiger partial charge < -0.3 is 4.90 Å². The van der Waals surface area contributed by atoms with Crippen LogP contribution in [0.15, 0.2) is 54.3 Å². The highest BCUT2D eigenvalue weighted by atomic mass is 15.2. The van der Waals surface area contributed by atoms with Gasteiger partial charge in [-0.3, -0.25) is 0 Å². The molecule has 1 aliphatic heterocycles. The molecule has 0 aromatic heterocycles. The first-order valence-electron chi connectivity index (χ1n) is 6.72. The maximum Gasteiger partial charge on any atom is 0.0511 e. The van der Waals surface area contributed by atoms with E-state index in [1.54, 1.807) is 0 Å². The number of hydrogen-bond donors (Lipinski definition) is 0. The van der Waals surface area contributed by atoms with Crippen LogP contribution >= 0.6 is 0 Å². The lowest BCUT2D eigenvalue weighted by atomic mass is 10.1. The van der Waals surface area contributed by atoms with Gasteiger partial charge in [-0.15, -0.1) is 0 Å². The third-order valence-corrected chi connectivity index (χ3v) is 3.65. The van der Waals surface area contributed by atoms with E-state index in [0.29, 0.717) is 12.0 Å². The summed E-state index contributed by atoms with van der Waals surface area (Å²) < 4.78 is 0. The lowest BCUT2D eigenvalue weighted by Gasteiger charge is -2.28. The number of nitrogens with zero attached hydrogens (tertiary/aromatic N) is 1. The van der Waals surface area contributed by atoms with E-state index in [0.717, 1.165) is 13.0 Å². The predicted molar refractivity (Wildman–Crippen MR) is 78.2 cm³/mol. The van der Waals surface area contributed by atoms with Crippen LogP contribution in [0.25, 0.3) is 0 Å². The van der Waals surface area contributed by atoms with Gasteiger partial charge in [-0.25, -0.2) is 0 Å². The Kier molecular flexibility index (Phi) is 3.90. The van der Waals surface area contributed by atoms with Crippen molar-refractivity contribution in [2.24, 2.45) is 5.92 Å². The van der Waals surface area contributed by atoms with E-state index in [1.807, 2.05) is 0 Å². The van der Waals surface area contributed by atoms with E-state index in [4.69, 9.17) is 0 Å². The maximum atomic E-state index is 4.24. The molecule has 1 fully saturated rings. The van der Waals surface area contributed by atoms with E-state index in [1.165, 1.54) is 16.8 Å². The van der Waals surface area contributed by atoms with Crippen LogP contribution in [0.5, 0.6) is 0 Å². The Hall–Kier alpha value is -1.50. The summed E-state index contributed by atoms with van der Waals surface area (Å²) in [5, 5.41) is 0. The van der Waals surface area contributed by atoms with Crippen LogP contribution in [0, 0.1) is 5.92 Å². The molecule has 0 unspecified atom stereocenters. The van der Waals surface area contributed by atoms with Crippen molar-refractivity contribution in [2.75, 3.05) is 6.54 Å². The lowest BCUT2D eigenvalue weighted by molar-refractivity contribution is 0.301. The molecular weight excluding hydrogens is 218 g/mol. The minimum atomic E-state index is 0.425. The second-order valence-electron chi connectivity index (χ2n) is 5.51. The normalized spacial score (nSPS) is 20.9. The number of hydrogen-bond acceptors (Lipinski definition) is 1. The van der Waals surface area contributed by atoms with Crippen molar-refractivity contribution in [2.45, 2.75) is 33.2 Å². The molecule has 0 radical (unpaired) electrons. The van der Waals surface area contributed by atoms with Crippen molar-refractivity contribution in [1.29, 1.82) is 0 Å². The summed E-state index contributed by atoms with van der Waals surface area (Å²) in [5.74, 6) is 0.633. The van der Waals surface area contributed by atoms with Crippen LogP contribution in [0.3, 0.4) is 0 Å². The highest BCUT2D eigenvalue weighted by Gasteiger charge is 2.27. The van der Waals surface area contributed by atoms with Gasteiger partial charge in [0.25, 0.3) is 0 Å². The van der Waals surface area contributed by atoms with Gasteiger partial charge in [0.15, 0.2) is 0 Å².